The first kappa shape index (κ1) is 19.5. The first-order valence-corrected chi connectivity index (χ1v) is 11.6. The number of piperidine rings is 1. The Kier molecular flexibility index (Phi) is 5.69. The molecule has 0 unspecified atom stereocenters. The Labute approximate surface area is 180 Å². The number of hydrogen-bond donors (Lipinski definition) is 0. The van der Waals surface area contributed by atoms with Crippen molar-refractivity contribution in [3.63, 3.8) is 0 Å². The standard InChI is InChI=1S/C24H26N2O3S/c27-24(17-9-11-19(12-10-17)29-16-20-6-4-14-28-20)26-13-3-5-18(15-26)23-25-21-7-1-2-8-22(21)30-23/h1-2,7-12,18,20H,3-6,13-16H2/t18-,20-/m1/s1. The van der Waals surface area contributed by atoms with E-state index in [1.807, 2.05) is 35.2 Å². The van der Waals surface area contributed by atoms with Gasteiger partial charge in [0.1, 0.15) is 12.4 Å². The second kappa shape index (κ2) is 8.74. The average Bonchev–Trinajstić information content (AvgIpc) is 3.47. The summed E-state index contributed by atoms with van der Waals surface area (Å²) in [5.41, 5.74) is 1.77. The number of likely N-dealkylation sites (tertiary alicyclic amines) is 1. The van der Waals surface area contributed by atoms with Crippen LogP contribution < -0.4 is 4.74 Å². The molecular weight excluding hydrogens is 396 g/mol. The second-order valence-corrected chi connectivity index (χ2v) is 9.14. The van der Waals surface area contributed by atoms with Crippen LogP contribution in [0.15, 0.2) is 48.5 Å². The van der Waals surface area contributed by atoms with Crippen LogP contribution >= 0.6 is 11.3 Å². The van der Waals surface area contributed by atoms with Gasteiger partial charge in [-0.1, -0.05) is 12.1 Å². The number of amides is 1. The van der Waals surface area contributed by atoms with Gasteiger partial charge in [0.25, 0.3) is 5.91 Å². The second-order valence-electron chi connectivity index (χ2n) is 8.08. The maximum Gasteiger partial charge on any atom is 0.253 e. The molecule has 6 heteroatoms. The molecule has 0 spiro atoms. The number of fused-ring (bicyclic) bond motifs is 1. The molecule has 1 amide bonds. The molecule has 1 aromatic heterocycles. The summed E-state index contributed by atoms with van der Waals surface area (Å²) in [6.07, 6.45) is 4.45. The van der Waals surface area contributed by atoms with E-state index in [9.17, 15) is 4.79 Å². The Morgan fingerprint density at radius 3 is 2.80 bits per heavy atom. The predicted octanol–water partition coefficient (Wildman–Crippen LogP) is 4.87. The van der Waals surface area contributed by atoms with Crippen LogP contribution in [0.2, 0.25) is 0 Å². The van der Waals surface area contributed by atoms with Gasteiger partial charge < -0.3 is 14.4 Å². The van der Waals surface area contributed by atoms with Crippen molar-refractivity contribution in [2.75, 3.05) is 26.3 Å². The lowest BCUT2D eigenvalue weighted by atomic mass is 9.98. The lowest BCUT2D eigenvalue weighted by molar-refractivity contribution is 0.0677. The highest BCUT2D eigenvalue weighted by Crippen LogP contribution is 2.33. The SMILES string of the molecule is O=C(c1ccc(OC[C@H]2CCCO2)cc1)N1CCC[C@@H](c2nc3ccccc3s2)C1. The minimum absolute atomic E-state index is 0.0893. The normalized spacial score (nSPS) is 21.8. The van der Waals surface area contributed by atoms with E-state index < -0.39 is 0 Å². The fourth-order valence-electron chi connectivity index (χ4n) is 4.27. The number of nitrogens with zero attached hydrogens (tertiary/aromatic N) is 2. The van der Waals surface area contributed by atoms with Crippen molar-refractivity contribution in [3.8, 4) is 5.75 Å². The lowest BCUT2D eigenvalue weighted by Crippen LogP contribution is -2.39. The van der Waals surface area contributed by atoms with Gasteiger partial charge in [0.05, 0.1) is 21.3 Å². The van der Waals surface area contributed by atoms with Crippen molar-refractivity contribution in [1.82, 2.24) is 9.88 Å². The lowest BCUT2D eigenvalue weighted by Gasteiger charge is -2.32. The molecule has 0 saturated carbocycles. The number of carbonyl (C=O) groups excluding carboxylic acids is 1. The van der Waals surface area contributed by atoms with Gasteiger partial charge in [-0.05, 0) is 62.1 Å². The number of aromatic nitrogens is 1. The van der Waals surface area contributed by atoms with Gasteiger partial charge in [-0.25, -0.2) is 4.98 Å². The van der Waals surface area contributed by atoms with Gasteiger partial charge in [-0.2, -0.15) is 0 Å². The van der Waals surface area contributed by atoms with Crippen molar-refractivity contribution < 1.29 is 14.3 Å². The summed E-state index contributed by atoms with van der Waals surface area (Å²) in [6.45, 7) is 2.94. The maximum atomic E-state index is 13.1. The maximum absolute atomic E-state index is 13.1. The highest BCUT2D eigenvalue weighted by molar-refractivity contribution is 7.18. The van der Waals surface area contributed by atoms with Crippen LogP contribution in [0.5, 0.6) is 5.75 Å². The van der Waals surface area contributed by atoms with Crippen LogP contribution in [0.3, 0.4) is 0 Å². The van der Waals surface area contributed by atoms with Crippen molar-refractivity contribution in [2.24, 2.45) is 0 Å². The van der Waals surface area contributed by atoms with Crippen molar-refractivity contribution in [3.05, 3.63) is 59.1 Å². The molecule has 2 atom stereocenters. The van der Waals surface area contributed by atoms with Crippen LogP contribution in [0.1, 0.15) is 47.0 Å². The summed E-state index contributed by atoms with van der Waals surface area (Å²) < 4.78 is 12.6. The van der Waals surface area contributed by atoms with Gasteiger partial charge in [-0.3, -0.25) is 4.79 Å². The molecule has 30 heavy (non-hydrogen) atoms. The van der Waals surface area contributed by atoms with Gasteiger partial charge in [-0.15, -0.1) is 11.3 Å². The molecule has 2 aliphatic heterocycles. The quantitative estimate of drug-likeness (QED) is 0.588. The third-order valence-corrected chi connectivity index (χ3v) is 7.13. The number of ether oxygens (including phenoxy) is 2. The largest absolute Gasteiger partial charge is 0.491 e. The van der Waals surface area contributed by atoms with Crippen LogP contribution in [0.25, 0.3) is 10.2 Å². The number of thiazole rings is 1. The zero-order valence-electron chi connectivity index (χ0n) is 17.0. The van der Waals surface area contributed by atoms with E-state index in [0.717, 1.165) is 61.7 Å². The first-order chi connectivity index (χ1) is 14.8. The third-order valence-electron chi connectivity index (χ3n) is 5.93. The van der Waals surface area contributed by atoms with Crippen molar-refractivity contribution in [1.29, 1.82) is 0 Å². The number of para-hydroxylation sites is 1. The molecule has 3 aromatic rings. The third kappa shape index (κ3) is 4.20. The highest BCUT2D eigenvalue weighted by Gasteiger charge is 2.27. The number of rotatable bonds is 5. The summed E-state index contributed by atoms with van der Waals surface area (Å²) in [6, 6.07) is 15.8. The molecule has 0 bridgehead atoms. The van der Waals surface area contributed by atoms with Crippen LogP contribution in [0, 0.1) is 0 Å². The molecule has 0 radical (unpaired) electrons. The molecule has 0 aliphatic carbocycles. The topological polar surface area (TPSA) is 51.7 Å². The molecular formula is C24H26N2O3S. The molecule has 2 saturated heterocycles. The summed E-state index contributed by atoms with van der Waals surface area (Å²) in [4.78, 5) is 19.9. The number of carbonyl (C=O) groups is 1. The van der Waals surface area contributed by atoms with Crippen LogP contribution in [0.4, 0.5) is 0 Å². The van der Waals surface area contributed by atoms with E-state index in [1.54, 1.807) is 11.3 Å². The fraction of sp³-hybridized carbons (Fsp3) is 0.417. The molecule has 2 fully saturated rings. The molecule has 2 aliphatic rings. The van der Waals surface area contributed by atoms with Crippen molar-refractivity contribution >= 4 is 27.5 Å². The molecule has 0 N–H and O–H groups in total. The van der Waals surface area contributed by atoms with E-state index >= 15 is 0 Å². The Morgan fingerprint density at radius 2 is 2.00 bits per heavy atom. The minimum atomic E-state index is 0.0893. The highest BCUT2D eigenvalue weighted by atomic mass is 32.1. The molecule has 3 heterocycles. The van der Waals surface area contributed by atoms with Crippen molar-refractivity contribution in [2.45, 2.75) is 37.7 Å². The van der Waals surface area contributed by atoms with E-state index in [-0.39, 0.29) is 12.0 Å². The van der Waals surface area contributed by atoms with Gasteiger partial charge in [0.2, 0.25) is 0 Å². The summed E-state index contributed by atoms with van der Waals surface area (Å²) >= 11 is 1.76. The number of hydrogen-bond acceptors (Lipinski definition) is 5. The van der Waals surface area contributed by atoms with Crippen LogP contribution in [-0.2, 0) is 4.74 Å². The van der Waals surface area contributed by atoms with Crippen LogP contribution in [-0.4, -0.2) is 48.2 Å². The van der Waals surface area contributed by atoms with E-state index in [2.05, 4.69) is 18.2 Å². The van der Waals surface area contributed by atoms with E-state index in [1.165, 1.54) is 4.70 Å². The Morgan fingerprint density at radius 1 is 1.13 bits per heavy atom. The zero-order chi connectivity index (χ0) is 20.3. The molecule has 5 nitrogen and oxygen atoms in total. The zero-order valence-corrected chi connectivity index (χ0v) is 17.8. The monoisotopic (exact) mass is 422 g/mol. The summed E-state index contributed by atoms with van der Waals surface area (Å²) in [5, 5.41) is 1.14. The van der Waals surface area contributed by atoms with Gasteiger partial charge in [0, 0.05) is 31.2 Å². The molecule has 5 rings (SSSR count). The minimum Gasteiger partial charge on any atom is -0.491 e. The predicted molar refractivity (Wildman–Crippen MR) is 118 cm³/mol. The van der Waals surface area contributed by atoms with E-state index in [4.69, 9.17) is 14.5 Å². The van der Waals surface area contributed by atoms with Gasteiger partial charge in [0.15, 0.2) is 0 Å². The average molecular weight is 423 g/mol. The summed E-state index contributed by atoms with van der Waals surface area (Å²) in [5.74, 6) is 1.19. The smallest absolute Gasteiger partial charge is 0.253 e. The first-order valence-electron chi connectivity index (χ1n) is 10.8. The Balaban J connectivity index is 1.22. The Hall–Kier alpha value is -2.44. The van der Waals surface area contributed by atoms with E-state index in [0.29, 0.717) is 18.1 Å². The molecule has 156 valence electrons. The fourth-order valence-corrected chi connectivity index (χ4v) is 5.36. The Bertz CT molecular complexity index is 978. The van der Waals surface area contributed by atoms with Gasteiger partial charge >= 0.3 is 0 Å². The number of benzene rings is 2. The molecule has 2 aromatic carbocycles. The summed E-state index contributed by atoms with van der Waals surface area (Å²) in [7, 11) is 0.